The highest BCUT2D eigenvalue weighted by Gasteiger charge is 2.20. The molecule has 2 aliphatic rings. The third-order valence-electron chi connectivity index (χ3n) is 1.86. The standard InChI is InChI=1S/C8H10N2.2C2H6/c1-7-6-9-8-4-2-3-5-10(7)8;2*1-2/h2-5,7H,6H2,1H3;2*1-2H3. The number of aliphatic imine (C=N–C) groups is 1. The van der Waals surface area contributed by atoms with Gasteiger partial charge in [0.25, 0.3) is 0 Å². The zero-order valence-electron chi connectivity index (χ0n) is 9.99. The van der Waals surface area contributed by atoms with Crippen molar-refractivity contribution in [3.05, 3.63) is 24.4 Å². The summed E-state index contributed by atoms with van der Waals surface area (Å²) in [6, 6.07) is 0.552. The Labute approximate surface area is 88.0 Å². The molecule has 0 aromatic rings. The van der Waals surface area contributed by atoms with E-state index in [-0.39, 0.29) is 0 Å². The summed E-state index contributed by atoms with van der Waals surface area (Å²) in [4.78, 5) is 6.54. The van der Waals surface area contributed by atoms with Crippen molar-refractivity contribution >= 4 is 5.84 Å². The van der Waals surface area contributed by atoms with Crippen LogP contribution in [-0.2, 0) is 0 Å². The number of nitrogens with zero attached hydrogens (tertiary/aromatic N) is 2. The Morgan fingerprint density at radius 1 is 1.21 bits per heavy atom. The van der Waals surface area contributed by atoms with Crippen molar-refractivity contribution in [1.29, 1.82) is 0 Å². The van der Waals surface area contributed by atoms with E-state index in [1.165, 1.54) is 0 Å². The van der Waals surface area contributed by atoms with Crippen molar-refractivity contribution in [2.45, 2.75) is 40.7 Å². The highest BCUT2D eigenvalue weighted by molar-refractivity contribution is 5.96. The summed E-state index contributed by atoms with van der Waals surface area (Å²) in [6.45, 7) is 11.1. The lowest BCUT2D eigenvalue weighted by molar-refractivity contribution is 0.473. The van der Waals surface area contributed by atoms with Crippen molar-refractivity contribution in [3.63, 3.8) is 0 Å². The van der Waals surface area contributed by atoms with E-state index in [0.29, 0.717) is 6.04 Å². The van der Waals surface area contributed by atoms with Crippen LogP contribution in [0.3, 0.4) is 0 Å². The molecule has 0 radical (unpaired) electrons. The van der Waals surface area contributed by atoms with Gasteiger partial charge in [0, 0.05) is 6.20 Å². The lowest BCUT2D eigenvalue weighted by Crippen LogP contribution is -2.29. The van der Waals surface area contributed by atoms with E-state index in [2.05, 4.69) is 23.0 Å². The van der Waals surface area contributed by atoms with Gasteiger partial charge in [-0.25, -0.2) is 0 Å². The molecule has 0 saturated heterocycles. The van der Waals surface area contributed by atoms with Gasteiger partial charge in [-0.05, 0) is 19.1 Å². The summed E-state index contributed by atoms with van der Waals surface area (Å²) in [5.74, 6) is 1.11. The van der Waals surface area contributed by atoms with E-state index < -0.39 is 0 Å². The van der Waals surface area contributed by atoms with Gasteiger partial charge in [-0.1, -0.05) is 33.8 Å². The van der Waals surface area contributed by atoms with Crippen LogP contribution in [0.15, 0.2) is 29.4 Å². The van der Waals surface area contributed by atoms with Gasteiger partial charge >= 0.3 is 0 Å². The molecule has 1 unspecified atom stereocenters. The molecule has 0 bridgehead atoms. The summed E-state index contributed by atoms with van der Waals surface area (Å²) >= 11 is 0. The fourth-order valence-electron chi connectivity index (χ4n) is 1.27. The lowest BCUT2D eigenvalue weighted by Gasteiger charge is -2.20. The van der Waals surface area contributed by atoms with E-state index in [9.17, 15) is 0 Å². The molecular formula is C12H22N2. The molecule has 2 aliphatic heterocycles. The summed E-state index contributed by atoms with van der Waals surface area (Å²) in [6.07, 6.45) is 8.19. The topological polar surface area (TPSA) is 15.6 Å². The van der Waals surface area contributed by atoms with Crippen LogP contribution in [0.5, 0.6) is 0 Å². The van der Waals surface area contributed by atoms with Crippen LogP contribution < -0.4 is 0 Å². The van der Waals surface area contributed by atoms with Gasteiger partial charge in [-0.15, -0.1) is 0 Å². The second-order valence-electron chi connectivity index (χ2n) is 2.66. The summed E-state index contributed by atoms with van der Waals surface area (Å²) in [5, 5.41) is 0. The molecule has 0 saturated carbocycles. The maximum atomic E-state index is 4.34. The zero-order chi connectivity index (χ0) is 11.0. The number of hydrogen-bond donors (Lipinski definition) is 0. The molecule has 0 fully saturated rings. The molecule has 0 aromatic carbocycles. The largest absolute Gasteiger partial charge is 0.329 e. The molecule has 2 heteroatoms. The number of rotatable bonds is 0. The summed E-state index contributed by atoms with van der Waals surface area (Å²) in [7, 11) is 0. The molecule has 14 heavy (non-hydrogen) atoms. The van der Waals surface area contributed by atoms with Crippen LogP contribution in [0.4, 0.5) is 0 Å². The molecule has 2 heterocycles. The van der Waals surface area contributed by atoms with Crippen LogP contribution in [0.2, 0.25) is 0 Å². The number of allylic oxidation sites excluding steroid dienone is 2. The van der Waals surface area contributed by atoms with Crippen LogP contribution in [0.25, 0.3) is 0 Å². The number of hydrogen-bond acceptors (Lipinski definition) is 2. The third-order valence-corrected chi connectivity index (χ3v) is 1.86. The fraction of sp³-hybridized carbons (Fsp3) is 0.583. The lowest BCUT2D eigenvalue weighted by atomic mass is 10.3. The summed E-state index contributed by atoms with van der Waals surface area (Å²) in [5.41, 5.74) is 0. The van der Waals surface area contributed by atoms with Crippen molar-refractivity contribution in [3.8, 4) is 0 Å². The second kappa shape index (κ2) is 7.36. The van der Waals surface area contributed by atoms with E-state index in [0.717, 1.165) is 12.4 Å². The van der Waals surface area contributed by atoms with Crippen LogP contribution >= 0.6 is 0 Å². The molecule has 0 aromatic heterocycles. The quantitative estimate of drug-likeness (QED) is 0.578. The van der Waals surface area contributed by atoms with Gasteiger partial charge in [0.1, 0.15) is 5.84 Å². The molecule has 80 valence electrons. The van der Waals surface area contributed by atoms with E-state index in [1.54, 1.807) is 0 Å². The minimum absolute atomic E-state index is 0.552. The van der Waals surface area contributed by atoms with Crippen LogP contribution in [0, 0.1) is 0 Å². The van der Waals surface area contributed by atoms with Crippen LogP contribution in [0.1, 0.15) is 34.6 Å². The zero-order valence-corrected chi connectivity index (χ0v) is 9.99. The first-order chi connectivity index (χ1) is 6.88. The van der Waals surface area contributed by atoms with Gasteiger partial charge in [0.15, 0.2) is 0 Å². The second-order valence-corrected chi connectivity index (χ2v) is 2.66. The fourth-order valence-corrected chi connectivity index (χ4v) is 1.27. The smallest absolute Gasteiger partial charge is 0.127 e. The summed E-state index contributed by atoms with van der Waals surface area (Å²) < 4.78 is 0. The molecule has 2 rings (SSSR count). The van der Waals surface area contributed by atoms with Crippen molar-refractivity contribution in [2.24, 2.45) is 4.99 Å². The molecule has 1 atom stereocenters. The predicted molar refractivity (Wildman–Crippen MR) is 64.6 cm³/mol. The van der Waals surface area contributed by atoms with Crippen LogP contribution in [-0.4, -0.2) is 23.3 Å². The Hall–Kier alpha value is -1.05. The van der Waals surface area contributed by atoms with Gasteiger partial charge < -0.3 is 4.90 Å². The minimum atomic E-state index is 0.552. The van der Waals surface area contributed by atoms with Gasteiger partial charge in [0.05, 0.1) is 12.6 Å². The first-order valence-electron chi connectivity index (χ1n) is 5.55. The van der Waals surface area contributed by atoms with Gasteiger partial charge in [-0.3, -0.25) is 4.99 Å². The first-order valence-corrected chi connectivity index (χ1v) is 5.55. The van der Waals surface area contributed by atoms with Crippen molar-refractivity contribution in [2.75, 3.05) is 6.54 Å². The van der Waals surface area contributed by atoms with Crippen molar-refractivity contribution in [1.82, 2.24) is 4.90 Å². The number of fused-ring (bicyclic) bond motifs is 1. The third kappa shape index (κ3) is 3.02. The molecule has 0 N–H and O–H groups in total. The Morgan fingerprint density at radius 2 is 1.86 bits per heavy atom. The number of amidine groups is 1. The Bertz CT molecular complexity index is 226. The van der Waals surface area contributed by atoms with E-state index >= 15 is 0 Å². The maximum absolute atomic E-state index is 4.34. The maximum Gasteiger partial charge on any atom is 0.127 e. The molecule has 0 amide bonds. The average molecular weight is 194 g/mol. The van der Waals surface area contributed by atoms with Gasteiger partial charge in [-0.2, -0.15) is 0 Å². The SMILES string of the molecule is CC.CC.CC1CN=C2C=CC=CN21. The monoisotopic (exact) mass is 194 g/mol. The normalized spacial score (nSPS) is 21.4. The van der Waals surface area contributed by atoms with E-state index in [1.807, 2.05) is 45.9 Å². The first kappa shape index (κ1) is 12.9. The highest BCUT2D eigenvalue weighted by atomic mass is 15.2. The Balaban J connectivity index is 0.000000379. The van der Waals surface area contributed by atoms with Crippen molar-refractivity contribution < 1.29 is 0 Å². The molecular weight excluding hydrogens is 172 g/mol. The van der Waals surface area contributed by atoms with E-state index in [4.69, 9.17) is 0 Å². The highest BCUT2D eigenvalue weighted by Crippen LogP contribution is 2.13. The Morgan fingerprint density at radius 3 is 2.43 bits per heavy atom. The predicted octanol–water partition coefficient (Wildman–Crippen LogP) is 3.22. The van der Waals surface area contributed by atoms with Gasteiger partial charge in [0.2, 0.25) is 0 Å². The Kier molecular flexibility index (Phi) is 6.81. The molecule has 2 nitrogen and oxygen atoms in total. The molecule has 0 spiro atoms. The average Bonchev–Trinajstić information content (AvgIpc) is 2.67. The minimum Gasteiger partial charge on any atom is -0.329 e. The molecule has 0 aliphatic carbocycles.